The number of H-pyrrole nitrogens is 3. The monoisotopic (exact) mass is 356 g/mol. The van der Waals surface area contributed by atoms with Crippen LogP contribution < -0.4 is 5.11 Å². The molecule has 5 rings (SSSR count). The van der Waals surface area contributed by atoms with Crippen molar-refractivity contribution in [3.63, 3.8) is 0 Å². The summed E-state index contributed by atoms with van der Waals surface area (Å²) < 4.78 is 0. The lowest BCUT2D eigenvalue weighted by Crippen LogP contribution is -2.23. The molecule has 0 radical (unpaired) electrons. The minimum Gasteiger partial charge on any atom is -0.543 e. The molecule has 6 heteroatoms. The summed E-state index contributed by atoms with van der Waals surface area (Å²) in [6.45, 7) is 0. The van der Waals surface area contributed by atoms with Crippen LogP contribution in [0.5, 0.6) is 5.88 Å². The van der Waals surface area contributed by atoms with Crippen LogP contribution in [0.3, 0.4) is 0 Å². The highest BCUT2D eigenvalue weighted by Crippen LogP contribution is 2.40. The molecule has 0 spiro atoms. The van der Waals surface area contributed by atoms with Gasteiger partial charge < -0.3 is 30.0 Å². The molecule has 0 bridgehead atoms. The van der Waals surface area contributed by atoms with Gasteiger partial charge in [0.15, 0.2) is 5.88 Å². The second kappa shape index (κ2) is 5.54. The predicted octanol–water partition coefficient (Wildman–Crippen LogP) is 3.38. The molecule has 0 amide bonds. The van der Waals surface area contributed by atoms with Crippen molar-refractivity contribution in [3.8, 4) is 28.3 Å². The van der Waals surface area contributed by atoms with Gasteiger partial charge in [0.2, 0.25) is 0 Å². The van der Waals surface area contributed by atoms with Gasteiger partial charge in [0.05, 0.1) is 17.2 Å². The largest absolute Gasteiger partial charge is 0.543 e. The fraction of sp³-hybridized carbons (Fsp3) is 0. The molecule has 0 aliphatic heterocycles. The van der Waals surface area contributed by atoms with Crippen LogP contribution >= 0.6 is 0 Å². The van der Waals surface area contributed by atoms with Crippen molar-refractivity contribution in [2.24, 2.45) is 0 Å². The molecule has 4 N–H and O–H groups in total. The average molecular weight is 356 g/mol. The number of hydrogen-bond donors (Lipinski definition) is 4. The van der Waals surface area contributed by atoms with Gasteiger partial charge in [0.25, 0.3) is 0 Å². The van der Waals surface area contributed by atoms with Crippen LogP contribution in [-0.2, 0) is 0 Å². The van der Waals surface area contributed by atoms with Gasteiger partial charge in [0, 0.05) is 44.8 Å². The minimum absolute atomic E-state index is 0.0738. The molecule has 0 aliphatic carbocycles. The molecule has 3 heterocycles. The van der Waals surface area contributed by atoms with Crippen molar-refractivity contribution in [1.82, 2.24) is 15.0 Å². The first-order valence-electron chi connectivity index (χ1n) is 8.44. The van der Waals surface area contributed by atoms with Crippen LogP contribution in [0.1, 0.15) is 10.5 Å². The molecule has 0 fully saturated rings. The van der Waals surface area contributed by atoms with Gasteiger partial charge in [-0.25, -0.2) is 0 Å². The number of nitrogens with one attached hydrogen (secondary N) is 3. The van der Waals surface area contributed by atoms with Crippen LogP contribution in [0, 0.1) is 0 Å². The molecular weight excluding hydrogens is 342 g/mol. The van der Waals surface area contributed by atoms with Gasteiger partial charge in [-0.3, -0.25) is 0 Å². The lowest BCUT2D eigenvalue weighted by atomic mass is 10.0. The van der Waals surface area contributed by atoms with E-state index in [2.05, 4.69) is 15.0 Å². The number of aromatic amines is 3. The van der Waals surface area contributed by atoms with E-state index in [-0.39, 0.29) is 11.6 Å². The molecule has 132 valence electrons. The van der Waals surface area contributed by atoms with E-state index < -0.39 is 5.97 Å². The Bertz CT molecular complexity index is 1320. The summed E-state index contributed by atoms with van der Waals surface area (Å²) in [5.74, 6) is -1.41. The highest BCUT2D eigenvalue weighted by Gasteiger charge is 2.20. The number of hydrogen-bond acceptors (Lipinski definition) is 3. The van der Waals surface area contributed by atoms with Gasteiger partial charge in [0.1, 0.15) is 0 Å². The topological polar surface area (TPSA) is 108 Å². The molecule has 0 aliphatic rings. The number of carboxylic acids is 1. The van der Waals surface area contributed by atoms with E-state index in [1.807, 2.05) is 54.7 Å². The standard InChI is InChI=1S/C21H15N3O3/c25-20-18(12-6-2-4-8-16(12)24-20)13-9-17(23-19(13)21(26)27)14-10-22-15-7-3-1-5-11(14)15/h1-10,22-25H,(H,26,27)/p-1. The molecule has 0 atom stereocenters. The van der Waals surface area contributed by atoms with Crippen molar-refractivity contribution >= 4 is 27.8 Å². The van der Waals surface area contributed by atoms with E-state index >= 15 is 0 Å². The summed E-state index contributed by atoms with van der Waals surface area (Å²) in [7, 11) is 0. The number of para-hydroxylation sites is 2. The Morgan fingerprint density at radius 3 is 2.37 bits per heavy atom. The van der Waals surface area contributed by atoms with E-state index in [0.29, 0.717) is 16.8 Å². The van der Waals surface area contributed by atoms with E-state index in [0.717, 1.165) is 27.4 Å². The Morgan fingerprint density at radius 1 is 0.889 bits per heavy atom. The zero-order valence-electron chi connectivity index (χ0n) is 14.0. The van der Waals surface area contributed by atoms with Crippen molar-refractivity contribution in [2.75, 3.05) is 0 Å². The van der Waals surface area contributed by atoms with Crippen molar-refractivity contribution in [1.29, 1.82) is 0 Å². The first-order chi connectivity index (χ1) is 13.1. The second-order valence-corrected chi connectivity index (χ2v) is 6.40. The Morgan fingerprint density at radius 2 is 1.59 bits per heavy atom. The number of carbonyl (C=O) groups excluding carboxylic acids is 1. The number of carboxylic acid groups (broad SMARTS) is 1. The van der Waals surface area contributed by atoms with E-state index in [9.17, 15) is 15.0 Å². The third kappa shape index (κ3) is 2.23. The lowest BCUT2D eigenvalue weighted by molar-refractivity contribution is -0.255. The zero-order valence-corrected chi connectivity index (χ0v) is 14.0. The van der Waals surface area contributed by atoms with Crippen molar-refractivity contribution < 1.29 is 15.0 Å². The second-order valence-electron chi connectivity index (χ2n) is 6.40. The maximum Gasteiger partial charge on any atom is 0.197 e. The first-order valence-corrected chi connectivity index (χ1v) is 8.44. The number of carbonyl (C=O) groups is 1. The molecular formula is C21H14N3O3-. The molecule has 0 saturated heterocycles. The molecule has 5 aromatic rings. The molecule has 0 unspecified atom stereocenters. The summed E-state index contributed by atoms with van der Waals surface area (Å²) in [5.41, 5.74) is 3.90. The smallest absolute Gasteiger partial charge is 0.197 e. The zero-order chi connectivity index (χ0) is 18.5. The Labute approximate surface area is 153 Å². The van der Waals surface area contributed by atoms with E-state index in [1.54, 1.807) is 6.07 Å². The first kappa shape index (κ1) is 15.3. The maximum atomic E-state index is 11.8. The normalized spacial score (nSPS) is 11.4. The third-order valence-corrected chi connectivity index (χ3v) is 4.86. The minimum atomic E-state index is -1.33. The summed E-state index contributed by atoms with van der Waals surface area (Å²) in [5, 5.41) is 23.9. The van der Waals surface area contributed by atoms with Gasteiger partial charge in [-0.15, -0.1) is 0 Å². The molecule has 2 aromatic carbocycles. The number of benzene rings is 2. The van der Waals surface area contributed by atoms with E-state index in [1.165, 1.54) is 0 Å². The highest BCUT2D eigenvalue weighted by molar-refractivity contribution is 6.06. The van der Waals surface area contributed by atoms with Gasteiger partial charge in [-0.2, -0.15) is 0 Å². The fourth-order valence-corrected chi connectivity index (χ4v) is 3.65. The SMILES string of the molecule is O=C([O-])c1[nH]c(-c2c[nH]c3ccccc23)cc1-c1c(O)[nH]c2ccccc12. The predicted molar refractivity (Wildman–Crippen MR) is 101 cm³/mol. The van der Waals surface area contributed by atoms with Crippen molar-refractivity contribution in [3.05, 3.63) is 66.5 Å². The number of rotatable bonds is 3. The summed E-state index contributed by atoms with van der Waals surface area (Å²) >= 11 is 0. The van der Waals surface area contributed by atoms with Crippen LogP contribution in [0.2, 0.25) is 0 Å². The number of aromatic nitrogens is 3. The maximum absolute atomic E-state index is 11.8. The number of aromatic hydroxyl groups is 1. The Hall–Kier alpha value is -3.93. The van der Waals surface area contributed by atoms with Gasteiger partial charge in [-0.05, 0) is 18.2 Å². The third-order valence-electron chi connectivity index (χ3n) is 4.86. The Balaban J connectivity index is 1.78. The molecule has 3 aromatic heterocycles. The molecule has 6 nitrogen and oxygen atoms in total. The van der Waals surface area contributed by atoms with Gasteiger partial charge >= 0.3 is 0 Å². The van der Waals surface area contributed by atoms with Crippen LogP contribution in [-0.4, -0.2) is 26.0 Å². The van der Waals surface area contributed by atoms with Crippen LogP contribution in [0.25, 0.3) is 44.2 Å². The number of fused-ring (bicyclic) bond motifs is 2. The Kier molecular flexibility index (Phi) is 3.14. The summed E-state index contributed by atoms with van der Waals surface area (Å²) in [6, 6.07) is 16.8. The van der Waals surface area contributed by atoms with Crippen molar-refractivity contribution in [2.45, 2.75) is 0 Å². The molecule has 0 saturated carbocycles. The average Bonchev–Trinajstić information content (AvgIpc) is 3.34. The highest BCUT2D eigenvalue weighted by atomic mass is 16.4. The van der Waals surface area contributed by atoms with E-state index in [4.69, 9.17) is 0 Å². The fourth-order valence-electron chi connectivity index (χ4n) is 3.65. The summed E-state index contributed by atoms with van der Waals surface area (Å²) in [4.78, 5) is 20.8. The van der Waals surface area contributed by atoms with Gasteiger partial charge in [-0.1, -0.05) is 36.4 Å². The quantitative estimate of drug-likeness (QED) is 0.398. The lowest BCUT2D eigenvalue weighted by Gasteiger charge is -2.04. The molecule has 27 heavy (non-hydrogen) atoms. The summed E-state index contributed by atoms with van der Waals surface area (Å²) in [6.07, 6.45) is 1.83. The number of aromatic carboxylic acids is 1. The van der Waals surface area contributed by atoms with Crippen LogP contribution in [0.15, 0.2) is 60.8 Å². The van der Waals surface area contributed by atoms with Crippen LogP contribution in [0.4, 0.5) is 0 Å².